The Morgan fingerprint density at radius 2 is 2.11 bits per heavy atom. The van der Waals surface area contributed by atoms with Gasteiger partial charge in [-0.25, -0.2) is 5.43 Å². The van der Waals surface area contributed by atoms with Crippen LogP contribution in [0.5, 0.6) is 0 Å². The third-order valence-electron chi connectivity index (χ3n) is 2.43. The maximum absolute atomic E-state index is 11.5. The molecule has 0 saturated carbocycles. The van der Waals surface area contributed by atoms with Crippen LogP contribution in [0.1, 0.15) is 10.4 Å². The van der Waals surface area contributed by atoms with Crippen molar-refractivity contribution < 1.29 is 4.79 Å². The third kappa shape index (κ3) is 4.56. The lowest BCUT2D eigenvalue weighted by molar-refractivity contribution is -0.119. The van der Waals surface area contributed by atoms with Gasteiger partial charge >= 0.3 is 0 Å². The van der Waals surface area contributed by atoms with Crippen LogP contribution in [0.2, 0.25) is 0 Å². The van der Waals surface area contributed by atoms with Crippen LogP contribution in [0.25, 0.3) is 0 Å². The Morgan fingerprint density at radius 3 is 2.79 bits per heavy atom. The van der Waals surface area contributed by atoms with E-state index in [1.165, 1.54) is 5.56 Å². The second-order valence-corrected chi connectivity index (χ2v) is 5.01. The number of amides is 1. The summed E-state index contributed by atoms with van der Waals surface area (Å²) in [5.41, 5.74) is 4.59. The van der Waals surface area contributed by atoms with Crippen molar-refractivity contribution in [2.24, 2.45) is 5.10 Å². The quantitative estimate of drug-likeness (QED) is 0.650. The standard InChI is InChI=1S/C14H15N3OS/c1-11-4-6-12(7-5-11)15-10-14(18)17-16-9-13-3-2-8-19-13/h2-9,15H,10H2,1H3,(H,17,18)/b16-9+. The van der Waals surface area contributed by atoms with Crippen LogP contribution >= 0.6 is 11.3 Å². The molecule has 0 bridgehead atoms. The number of hydrogen-bond donors (Lipinski definition) is 2. The van der Waals surface area contributed by atoms with Crippen LogP contribution < -0.4 is 10.7 Å². The summed E-state index contributed by atoms with van der Waals surface area (Å²) in [5.74, 6) is -0.173. The molecule has 0 aliphatic heterocycles. The van der Waals surface area contributed by atoms with Crippen molar-refractivity contribution in [1.82, 2.24) is 5.43 Å². The molecule has 0 spiro atoms. The highest BCUT2D eigenvalue weighted by atomic mass is 32.1. The average Bonchev–Trinajstić information content (AvgIpc) is 2.91. The molecule has 0 saturated heterocycles. The largest absolute Gasteiger partial charge is 0.376 e. The van der Waals surface area contributed by atoms with Crippen LogP contribution in [0.15, 0.2) is 46.9 Å². The van der Waals surface area contributed by atoms with E-state index >= 15 is 0 Å². The number of nitrogens with zero attached hydrogens (tertiary/aromatic N) is 1. The minimum absolute atomic E-state index is 0.173. The maximum Gasteiger partial charge on any atom is 0.259 e. The highest BCUT2D eigenvalue weighted by Gasteiger charge is 1.99. The minimum Gasteiger partial charge on any atom is -0.376 e. The molecule has 19 heavy (non-hydrogen) atoms. The molecule has 0 aliphatic carbocycles. The van der Waals surface area contributed by atoms with Crippen molar-refractivity contribution in [2.75, 3.05) is 11.9 Å². The molecule has 0 radical (unpaired) electrons. The molecular weight excluding hydrogens is 258 g/mol. The number of anilines is 1. The summed E-state index contributed by atoms with van der Waals surface area (Å²) >= 11 is 1.57. The molecule has 98 valence electrons. The van der Waals surface area contributed by atoms with E-state index in [-0.39, 0.29) is 12.5 Å². The summed E-state index contributed by atoms with van der Waals surface area (Å²) in [5, 5.41) is 8.88. The Labute approximate surface area is 116 Å². The topological polar surface area (TPSA) is 53.5 Å². The van der Waals surface area contributed by atoms with Gasteiger partial charge in [0.2, 0.25) is 0 Å². The van der Waals surface area contributed by atoms with Gasteiger partial charge in [-0.05, 0) is 30.5 Å². The monoisotopic (exact) mass is 273 g/mol. The van der Waals surface area contributed by atoms with Crippen molar-refractivity contribution >= 4 is 29.1 Å². The van der Waals surface area contributed by atoms with E-state index in [1.807, 2.05) is 48.7 Å². The zero-order chi connectivity index (χ0) is 13.5. The van der Waals surface area contributed by atoms with E-state index in [9.17, 15) is 4.79 Å². The molecule has 2 N–H and O–H groups in total. The molecule has 0 fully saturated rings. The second-order valence-electron chi connectivity index (χ2n) is 4.03. The Morgan fingerprint density at radius 1 is 1.32 bits per heavy atom. The zero-order valence-electron chi connectivity index (χ0n) is 10.6. The van der Waals surface area contributed by atoms with Crippen LogP contribution in [0.3, 0.4) is 0 Å². The van der Waals surface area contributed by atoms with Crippen molar-refractivity contribution in [3.8, 4) is 0 Å². The lowest BCUT2D eigenvalue weighted by Crippen LogP contribution is -2.25. The van der Waals surface area contributed by atoms with Gasteiger partial charge in [0.15, 0.2) is 0 Å². The third-order valence-corrected chi connectivity index (χ3v) is 3.24. The Balaban J connectivity index is 1.74. The van der Waals surface area contributed by atoms with Gasteiger partial charge in [0, 0.05) is 10.6 Å². The Bertz CT molecular complexity index is 547. The SMILES string of the molecule is Cc1ccc(NCC(=O)N/N=C/c2cccs2)cc1. The van der Waals surface area contributed by atoms with Crippen molar-refractivity contribution in [1.29, 1.82) is 0 Å². The predicted octanol–water partition coefficient (Wildman–Crippen LogP) is 2.62. The van der Waals surface area contributed by atoms with E-state index in [0.29, 0.717) is 0 Å². The van der Waals surface area contributed by atoms with Gasteiger partial charge in [-0.15, -0.1) is 11.3 Å². The Hall–Kier alpha value is -2.14. The smallest absolute Gasteiger partial charge is 0.259 e. The van der Waals surface area contributed by atoms with E-state index in [2.05, 4.69) is 15.8 Å². The van der Waals surface area contributed by atoms with Gasteiger partial charge in [0.05, 0.1) is 12.8 Å². The van der Waals surface area contributed by atoms with E-state index in [1.54, 1.807) is 17.6 Å². The molecule has 4 nitrogen and oxygen atoms in total. The Kier molecular flexibility index (Phi) is 4.69. The molecule has 5 heteroatoms. The summed E-state index contributed by atoms with van der Waals surface area (Å²) in [4.78, 5) is 12.5. The van der Waals surface area contributed by atoms with Gasteiger partial charge in [0.25, 0.3) is 5.91 Å². The number of rotatable bonds is 5. The maximum atomic E-state index is 11.5. The first-order valence-electron chi connectivity index (χ1n) is 5.90. The van der Waals surface area contributed by atoms with Gasteiger partial charge in [0.1, 0.15) is 0 Å². The van der Waals surface area contributed by atoms with Crippen LogP contribution in [-0.4, -0.2) is 18.7 Å². The number of aryl methyl sites for hydroxylation is 1. The molecule has 1 heterocycles. The normalized spacial score (nSPS) is 10.6. The highest BCUT2D eigenvalue weighted by Crippen LogP contribution is 2.07. The first-order chi connectivity index (χ1) is 9.24. The van der Waals surface area contributed by atoms with Crippen LogP contribution in [0.4, 0.5) is 5.69 Å². The molecule has 2 aromatic rings. The summed E-state index contributed by atoms with van der Waals surface area (Å²) in [7, 11) is 0. The second kappa shape index (κ2) is 6.70. The van der Waals surface area contributed by atoms with Crippen molar-refractivity contribution in [3.05, 3.63) is 52.2 Å². The number of carbonyl (C=O) groups is 1. The molecule has 2 rings (SSSR count). The van der Waals surface area contributed by atoms with Gasteiger partial charge in [-0.1, -0.05) is 23.8 Å². The first kappa shape index (κ1) is 13.3. The van der Waals surface area contributed by atoms with Gasteiger partial charge < -0.3 is 5.32 Å². The number of nitrogens with one attached hydrogen (secondary N) is 2. The summed E-state index contributed by atoms with van der Waals surface area (Å²) in [6.45, 7) is 2.22. The fourth-order valence-electron chi connectivity index (χ4n) is 1.43. The van der Waals surface area contributed by atoms with Crippen LogP contribution in [-0.2, 0) is 4.79 Å². The molecule has 1 aromatic carbocycles. The highest BCUT2D eigenvalue weighted by molar-refractivity contribution is 7.11. The number of thiophene rings is 1. The molecular formula is C14H15N3OS. The summed E-state index contributed by atoms with van der Waals surface area (Å²) in [6, 6.07) is 11.7. The summed E-state index contributed by atoms with van der Waals surface area (Å²) < 4.78 is 0. The first-order valence-corrected chi connectivity index (χ1v) is 6.78. The number of benzene rings is 1. The number of hydrogen-bond acceptors (Lipinski definition) is 4. The fraction of sp³-hybridized carbons (Fsp3) is 0.143. The van der Waals surface area contributed by atoms with E-state index < -0.39 is 0 Å². The van der Waals surface area contributed by atoms with E-state index in [0.717, 1.165) is 10.6 Å². The zero-order valence-corrected chi connectivity index (χ0v) is 11.4. The number of hydrazone groups is 1. The average molecular weight is 273 g/mol. The lowest BCUT2D eigenvalue weighted by atomic mass is 10.2. The molecule has 1 amide bonds. The predicted molar refractivity (Wildman–Crippen MR) is 79.7 cm³/mol. The molecule has 1 aromatic heterocycles. The molecule has 0 aliphatic rings. The minimum atomic E-state index is -0.173. The lowest BCUT2D eigenvalue weighted by Gasteiger charge is -2.05. The molecule has 0 atom stereocenters. The van der Waals surface area contributed by atoms with E-state index in [4.69, 9.17) is 0 Å². The van der Waals surface area contributed by atoms with Crippen LogP contribution in [0, 0.1) is 6.92 Å². The fourth-order valence-corrected chi connectivity index (χ4v) is 2.01. The van der Waals surface area contributed by atoms with Crippen molar-refractivity contribution in [3.63, 3.8) is 0 Å². The van der Waals surface area contributed by atoms with Gasteiger partial charge in [-0.3, -0.25) is 4.79 Å². The molecule has 0 unspecified atom stereocenters. The van der Waals surface area contributed by atoms with Gasteiger partial charge in [-0.2, -0.15) is 5.10 Å². The summed E-state index contributed by atoms with van der Waals surface area (Å²) in [6.07, 6.45) is 1.63. The van der Waals surface area contributed by atoms with Crippen molar-refractivity contribution in [2.45, 2.75) is 6.92 Å². The number of carbonyl (C=O) groups excluding carboxylic acids is 1.